The first kappa shape index (κ1) is 23.4. The van der Waals surface area contributed by atoms with E-state index in [0.717, 1.165) is 26.6 Å². The Morgan fingerprint density at radius 3 is 2.23 bits per heavy atom. The summed E-state index contributed by atoms with van der Waals surface area (Å²) < 4.78 is 0.955. The lowest BCUT2D eigenvalue weighted by atomic mass is 10.0. The minimum Gasteiger partial charge on any atom is -0.366 e. The number of fused-ring (bicyclic) bond motifs is 1. The molecule has 4 aromatic rings. The first-order valence-corrected chi connectivity index (χ1v) is 12.6. The number of benzene rings is 4. The molecule has 5 nitrogen and oxygen atoms in total. The van der Waals surface area contributed by atoms with Crippen LogP contribution in [0.25, 0.3) is 10.8 Å². The van der Waals surface area contributed by atoms with Crippen LogP contribution < -0.4 is 10.2 Å². The molecule has 0 aromatic heterocycles. The standard InChI is InChI=1S/C28H23BrClN3O2/c29-24-8-4-5-21-22(24)6-3-7-23(21)27(34)31-25-9-1-2-10-26(25)32-15-17-33(18-16-32)28(35)19-11-13-20(30)14-12-19/h1-14H,15-18H2,(H,31,34). The van der Waals surface area contributed by atoms with Crippen molar-refractivity contribution < 1.29 is 9.59 Å². The van der Waals surface area contributed by atoms with E-state index in [1.54, 1.807) is 24.3 Å². The summed E-state index contributed by atoms with van der Waals surface area (Å²) in [5.41, 5.74) is 2.96. The van der Waals surface area contributed by atoms with Gasteiger partial charge in [0.15, 0.2) is 0 Å². The minimum atomic E-state index is -0.155. The van der Waals surface area contributed by atoms with E-state index < -0.39 is 0 Å². The Bertz CT molecular complexity index is 1400. The average molecular weight is 549 g/mol. The van der Waals surface area contributed by atoms with Gasteiger partial charge in [-0.05, 0) is 59.3 Å². The van der Waals surface area contributed by atoms with Gasteiger partial charge in [-0.3, -0.25) is 9.59 Å². The minimum absolute atomic E-state index is 0.00465. The molecule has 176 valence electrons. The number of rotatable bonds is 4. The van der Waals surface area contributed by atoms with Crippen molar-refractivity contribution in [3.63, 3.8) is 0 Å². The van der Waals surface area contributed by atoms with Crippen molar-refractivity contribution in [2.75, 3.05) is 36.4 Å². The van der Waals surface area contributed by atoms with Crippen LogP contribution >= 0.6 is 27.5 Å². The molecule has 0 radical (unpaired) electrons. The van der Waals surface area contributed by atoms with Crippen molar-refractivity contribution >= 4 is 61.5 Å². The molecule has 0 saturated carbocycles. The molecule has 0 spiro atoms. The number of halogens is 2. The lowest BCUT2D eigenvalue weighted by molar-refractivity contribution is 0.0746. The second kappa shape index (κ2) is 10.1. The van der Waals surface area contributed by atoms with Crippen molar-refractivity contribution in [1.82, 2.24) is 4.90 Å². The molecule has 1 heterocycles. The fourth-order valence-electron chi connectivity index (χ4n) is 4.44. The van der Waals surface area contributed by atoms with E-state index in [4.69, 9.17) is 11.6 Å². The molecule has 0 atom stereocenters. The maximum absolute atomic E-state index is 13.3. The summed E-state index contributed by atoms with van der Waals surface area (Å²) >= 11 is 9.52. The summed E-state index contributed by atoms with van der Waals surface area (Å²) in [5.74, 6) is -0.150. The maximum Gasteiger partial charge on any atom is 0.256 e. The SMILES string of the molecule is O=C(Nc1ccccc1N1CCN(C(=O)c2ccc(Cl)cc2)CC1)c1cccc2c(Br)cccc12. The van der Waals surface area contributed by atoms with Crippen LogP contribution in [0.2, 0.25) is 5.02 Å². The Kier molecular flexibility index (Phi) is 6.75. The van der Waals surface area contributed by atoms with Gasteiger partial charge in [0.25, 0.3) is 11.8 Å². The molecule has 1 aliphatic rings. The molecule has 35 heavy (non-hydrogen) atoms. The third-order valence-corrected chi connectivity index (χ3v) is 7.21. The highest BCUT2D eigenvalue weighted by Gasteiger charge is 2.24. The maximum atomic E-state index is 13.3. The topological polar surface area (TPSA) is 52.7 Å². The van der Waals surface area contributed by atoms with E-state index in [-0.39, 0.29) is 11.8 Å². The molecule has 7 heteroatoms. The highest BCUT2D eigenvalue weighted by Crippen LogP contribution is 2.30. The van der Waals surface area contributed by atoms with Gasteiger partial charge in [-0.15, -0.1) is 0 Å². The molecule has 2 amide bonds. The number of anilines is 2. The fourth-order valence-corrected chi connectivity index (χ4v) is 5.06. The lowest BCUT2D eigenvalue weighted by Gasteiger charge is -2.37. The summed E-state index contributed by atoms with van der Waals surface area (Å²) in [6.45, 7) is 2.54. The van der Waals surface area contributed by atoms with Crippen LogP contribution in [0, 0.1) is 0 Å². The van der Waals surface area contributed by atoms with Crippen LogP contribution in [0.15, 0.2) is 89.4 Å². The predicted octanol–water partition coefficient (Wildman–Crippen LogP) is 6.47. The Balaban J connectivity index is 1.31. The van der Waals surface area contributed by atoms with Gasteiger partial charge in [-0.25, -0.2) is 0 Å². The van der Waals surface area contributed by atoms with Crippen LogP contribution in [0.5, 0.6) is 0 Å². The highest BCUT2D eigenvalue weighted by molar-refractivity contribution is 9.10. The third-order valence-electron chi connectivity index (χ3n) is 6.26. The second-order valence-electron chi connectivity index (χ2n) is 8.40. The molecule has 1 fully saturated rings. The Labute approximate surface area is 217 Å². The van der Waals surface area contributed by atoms with Gasteiger partial charge in [-0.2, -0.15) is 0 Å². The Morgan fingerprint density at radius 2 is 1.46 bits per heavy atom. The lowest BCUT2D eigenvalue weighted by Crippen LogP contribution is -2.49. The Morgan fingerprint density at radius 1 is 0.771 bits per heavy atom. The quantitative estimate of drug-likeness (QED) is 0.318. The zero-order chi connectivity index (χ0) is 24.4. The zero-order valence-electron chi connectivity index (χ0n) is 18.9. The van der Waals surface area contributed by atoms with E-state index in [9.17, 15) is 9.59 Å². The number of nitrogens with one attached hydrogen (secondary N) is 1. The van der Waals surface area contributed by atoms with Gasteiger partial charge in [0.1, 0.15) is 0 Å². The summed E-state index contributed by atoms with van der Waals surface area (Å²) in [7, 11) is 0. The van der Waals surface area contributed by atoms with E-state index in [0.29, 0.717) is 42.3 Å². The monoisotopic (exact) mass is 547 g/mol. The fraction of sp³-hybridized carbons (Fsp3) is 0.143. The third kappa shape index (κ3) is 4.90. The number of hydrogen-bond acceptors (Lipinski definition) is 3. The smallest absolute Gasteiger partial charge is 0.256 e. The summed E-state index contributed by atoms with van der Waals surface area (Å²) in [4.78, 5) is 30.2. The van der Waals surface area contributed by atoms with Crippen LogP contribution in [-0.2, 0) is 0 Å². The number of nitrogens with zero attached hydrogens (tertiary/aromatic N) is 2. The van der Waals surface area contributed by atoms with Gasteiger partial charge < -0.3 is 15.1 Å². The summed E-state index contributed by atoms with van der Waals surface area (Å²) in [6, 6.07) is 26.4. The molecule has 0 bridgehead atoms. The number of hydrogen-bond donors (Lipinski definition) is 1. The van der Waals surface area contributed by atoms with Crippen molar-refractivity contribution in [2.24, 2.45) is 0 Å². The number of carbonyl (C=O) groups is 2. The first-order valence-electron chi connectivity index (χ1n) is 11.4. The molecule has 1 saturated heterocycles. The summed E-state index contributed by atoms with van der Waals surface area (Å²) in [6.07, 6.45) is 0. The number of carbonyl (C=O) groups excluding carboxylic acids is 2. The summed E-state index contributed by atoms with van der Waals surface area (Å²) in [5, 5.41) is 5.61. The van der Waals surface area contributed by atoms with E-state index in [1.165, 1.54) is 0 Å². The molecule has 5 rings (SSSR count). The van der Waals surface area contributed by atoms with Crippen LogP contribution in [0.4, 0.5) is 11.4 Å². The van der Waals surface area contributed by atoms with Gasteiger partial charge in [0.05, 0.1) is 11.4 Å². The van der Waals surface area contributed by atoms with Crippen LogP contribution in [0.1, 0.15) is 20.7 Å². The van der Waals surface area contributed by atoms with Crippen molar-refractivity contribution in [3.8, 4) is 0 Å². The molecule has 1 N–H and O–H groups in total. The van der Waals surface area contributed by atoms with Crippen LogP contribution in [0.3, 0.4) is 0 Å². The molecule has 0 unspecified atom stereocenters. The molecular weight excluding hydrogens is 526 g/mol. The predicted molar refractivity (Wildman–Crippen MR) is 146 cm³/mol. The van der Waals surface area contributed by atoms with E-state index >= 15 is 0 Å². The number of amides is 2. The molecule has 4 aromatic carbocycles. The Hall–Kier alpha value is -3.35. The van der Waals surface area contributed by atoms with Gasteiger partial charge >= 0.3 is 0 Å². The molecule has 1 aliphatic heterocycles. The second-order valence-corrected chi connectivity index (χ2v) is 9.69. The first-order chi connectivity index (χ1) is 17.0. The van der Waals surface area contributed by atoms with Gasteiger partial charge in [0.2, 0.25) is 0 Å². The average Bonchev–Trinajstić information content (AvgIpc) is 2.89. The van der Waals surface area contributed by atoms with Gasteiger partial charge in [0, 0.05) is 46.8 Å². The van der Waals surface area contributed by atoms with Crippen molar-refractivity contribution in [3.05, 3.63) is 106 Å². The zero-order valence-corrected chi connectivity index (χ0v) is 21.2. The van der Waals surface area contributed by atoms with Crippen molar-refractivity contribution in [1.29, 1.82) is 0 Å². The van der Waals surface area contributed by atoms with Gasteiger partial charge in [-0.1, -0.05) is 63.9 Å². The molecule has 0 aliphatic carbocycles. The van der Waals surface area contributed by atoms with E-state index in [2.05, 4.69) is 26.1 Å². The van der Waals surface area contributed by atoms with E-state index in [1.807, 2.05) is 65.6 Å². The highest BCUT2D eigenvalue weighted by atomic mass is 79.9. The number of para-hydroxylation sites is 2. The normalized spacial score (nSPS) is 13.7. The van der Waals surface area contributed by atoms with Crippen molar-refractivity contribution in [2.45, 2.75) is 0 Å². The number of piperazine rings is 1. The molecular formula is C28H23BrClN3O2. The largest absolute Gasteiger partial charge is 0.366 e. The van der Waals surface area contributed by atoms with Crippen LogP contribution in [-0.4, -0.2) is 42.9 Å².